The van der Waals surface area contributed by atoms with Crippen LogP contribution in [0.15, 0.2) is 29.2 Å². The number of rotatable bonds is 3. The molecular weight excluding hydrogens is 306 g/mol. The van der Waals surface area contributed by atoms with Gasteiger partial charge in [0.05, 0.1) is 17.3 Å². The van der Waals surface area contributed by atoms with Gasteiger partial charge in [0.25, 0.3) is 0 Å². The van der Waals surface area contributed by atoms with Crippen LogP contribution in [0.2, 0.25) is 0 Å². The van der Waals surface area contributed by atoms with Gasteiger partial charge in [0.2, 0.25) is 0 Å². The molecule has 0 aliphatic carbocycles. The number of thioether (sulfide) groups is 1. The lowest BCUT2D eigenvalue weighted by Gasteiger charge is -2.06. The van der Waals surface area contributed by atoms with E-state index in [0.29, 0.717) is 18.7 Å². The average Bonchev–Trinajstić information content (AvgIpc) is 2.78. The SMILES string of the molecule is Cc1ccc(SCc2nnc3n2CCS(=O)(=O)CC3)cc1. The van der Waals surface area contributed by atoms with Crippen molar-refractivity contribution in [3.63, 3.8) is 0 Å². The van der Waals surface area contributed by atoms with Crippen LogP contribution in [-0.4, -0.2) is 34.7 Å². The molecule has 0 saturated heterocycles. The number of sulfone groups is 1. The molecule has 0 radical (unpaired) electrons. The summed E-state index contributed by atoms with van der Waals surface area (Å²) in [6, 6.07) is 8.34. The monoisotopic (exact) mass is 323 g/mol. The summed E-state index contributed by atoms with van der Waals surface area (Å²) in [5.74, 6) is 2.70. The maximum absolute atomic E-state index is 11.7. The molecule has 2 aromatic rings. The van der Waals surface area contributed by atoms with Gasteiger partial charge < -0.3 is 4.57 Å². The molecule has 1 aliphatic rings. The molecule has 0 bridgehead atoms. The molecule has 112 valence electrons. The number of aromatic nitrogens is 3. The Morgan fingerprint density at radius 1 is 1.19 bits per heavy atom. The van der Waals surface area contributed by atoms with Crippen molar-refractivity contribution in [3.05, 3.63) is 41.5 Å². The van der Waals surface area contributed by atoms with Crippen molar-refractivity contribution in [2.45, 2.75) is 30.5 Å². The molecule has 0 atom stereocenters. The van der Waals surface area contributed by atoms with E-state index in [9.17, 15) is 8.42 Å². The Hall–Kier alpha value is -1.34. The molecule has 1 aromatic heterocycles. The van der Waals surface area contributed by atoms with Crippen LogP contribution in [0.3, 0.4) is 0 Å². The van der Waals surface area contributed by atoms with E-state index in [0.717, 1.165) is 11.6 Å². The van der Waals surface area contributed by atoms with Crippen molar-refractivity contribution in [2.24, 2.45) is 0 Å². The first-order valence-corrected chi connectivity index (χ1v) is 9.65. The van der Waals surface area contributed by atoms with Gasteiger partial charge in [-0.1, -0.05) is 17.7 Å². The lowest BCUT2D eigenvalue weighted by molar-refractivity contribution is 0.592. The minimum absolute atomic E-state index is 0.177. The van der Waals surface area contributed by atoms with Crippen LogP contribution in [0.4, 0.5) is 0 Å². The smallest absolute Gasteiger partial charge is 0.152 e. The standard InChI is InChI=1S/C14H17N3O2S2/c1-11-2-4-12(5-3-11)20-10-14-16-15-13-6-8-21(18,19)9-7-17(13)14/h2-5H,6-10H2,1H3. The van der Waals surface area contributed by atoms with Gasteiger partial charge in [-0.15, -0.1) is 22.0 Å². The molecule has 0 N–H and O–H groups in total. The van der Waals surface area contributed by atoms with Crippen molar-refractivity contribution in [3.8, 4) is 0 Å². The third-order valence-electron chi connectivity index (χ3n) is 3.56. The molecular formula is C14H17N3O2S2. The van der Waals surface area contributed by atoms with Gasteiger partial charge in [0.1, 0.15) is 11.6 Å². The lowest BCUT2D eigenvalue weighted by atomic mass is 10.2. The predicted octanol–water partition coefficient (Wildman–Crippen LogP) is 1.85. The summed E-state index contributed by atoms with van der Waals surface area (Å²) in [6.07, 6.45) is 0.463. The van der Waals surface area contributed by atoms with Crippen molar-refractivity contribution in [1.29, 1.82) is 0 Å². The summed E-state index contributed by atoms with van der Waals surface area (Å²) in [6.45, 7) is 2.53. The van der Waals surface area contributed by atoms with E-state index in [1.807, 2.05) is 4.57 Å². The lowest BCUT2D eigenvalue weighted by Crippen LogP contribution is -2.13. The van der Waals surface area contributed by atoms with Crippen molar-refractivity contribution in [1.82, 2.24) is 14.8 Å². The first-order valence-electron chi connectivity index (χ1n) is 6.84. The summed E-state index contributed by atoms with van der Waals surface area (Å²) in [5.41, 5.74) is 1.24. The van der Waals surface area contributed by atoms with Crippen LogP contribution in [0.1, 0.15) is 17.2 Å². The summed E-state index contributed by atoms with van der Waals surface area (Å²) >= 11 is 1.69. The fourth-order valence-electron chi connectivity index (χ4n) is 2.28. The Morgan fingerprint density at radius 2 is 1.95 bits per heavy atom. The van der Waals surface area contributed by atoms with Gasteiger partial charge in [-0.2, -0.15) is 0 Å². The second-order valence-electron chi connectivity index (χ2n) is 5.19. The Kier molecular flexibility index (Phi) is 4.03. The zero-order valence-electron chi connectivity index (χ0n) is 11.8. The number of aryl methyl sites for hydroxylation is 2. The highest BCUT2D eigenvalue weighted by molar-refractivity contribution is 7.98. The normalized spacial score (nSPS) is 17.2. The van der Waals surface area contributed by atoms with E-state index in [4.69, 9.17) is 0 Å². The molecule has 5 nitrogen and oxygen atoms in total. The number of hydrogen-bond acceptors (Lipinski definition) is 5. The molecule has 0 spiro atoms. The number of hydrogen-bond donors (Lipinski definition) is 0. The largest absolute Gasteiger partial charge is 0.313 e. The number of benzene rings is 1. The van der Waals surface area contributed by atoms with E-state index in [1.54, 1.807) is 11.8 Å². The zero-order chi connectivity index (χ0) is 14.9. The maximum atomic E-state index is 11.7. The van der Waals surface area contributed by atoms with E-state index >= 15 is 0 Å². The molecule has 3 rings (SSSR count). The minimum atomic E-state index is -2.94. The van der Waals surface area contributed by atoms with Gasteiger partial charge in [-0.3, -0.25) is 0 Å². The van der Waals surface area contributed by atoms with Crippen molar-refractivity contribution >= 4 is 21.6 Å². The molecule has 21 heavy (non-hydrogen) atoms. The Bertz CT molecular complexity index is 736. The van der Waals surface area contributed by atoms with Gasteiger partial charge in [0.15, 0.2) is 9.84 Å². The third-order valence-corrected chi connectivity index (χ3v) is 6.19. The topological polar surface area (TPSA) is 64.8 Å². The van der Waals surface area contributed by atoms with E-state index in [1.165, 1.54) is 10.5 Å². The summed E-state index contributed by atoms with van der Waals surface area (Å²) in [7, 11) is -2.94. The number of fused-ring (bicyclic) bond motifs is 1. The maximum Gasteiger partial charge on any atom is 0.152 e. The molecule has 2 heterocycles. The van der Waals surface area contributed by atoms with Crippen LogP contribution < -0.4 is 0 Å². The van der Waals surface area contributed by atoms with Gasteiger partial charge in [0, 0.05) is 17.9 Å². The van der Waals surface area contributed by atoms with E-state index in [-0.39, 0.29) is 11.5 Å². The highest BCUT2D eigenvalue weighted by Crippen LogP contribution is 2.23. The summed E-state index contributed by atoms with van der Waals surface area (Å²) < 4.78 is 25.3. The molecule has 0 fully saturated rings. The quantitative estimate of drug-likeness (QED) is 0.807. The first-order chi connectivity index (χ1) is 10.0. The molecule has 1 aliphatic heterocycles. The molecule has 1 aromatic carbocycles. The molecule has 0 amide bonds. The van der Waals surface area contributed by atoms with Gasteiger partial charge in [-0.25, -0.2) is 8.42 Å². The number of nitrogens with zero attached hydrogens (tertiary/aromatic N) is 3. The van der Waals surface area contributed by atoms with E-state index < -0.39 is 9.84 Å². The molecule has 0 saturated carbocycles. The molecule has 7 heteroatoms. The average molecular weight is 323 g/mol. The highest BCUT2D eigenvalue weighted by atomic mass is 32.2. The molecule has 0 unspecified atom stereocenters. The summed E-state index contributed by atoms with van der Waals surface area (Å²) in [4.78, 5) is 1.18. The van der Waals surface area contributed by atoms with Crippen LogP contribution in [-0.2, 0) is 28.6 Å². The van der Waals surface area contributed by atoms with Crippen LogP contribution >= 0.6 is 11.8 Å². The summed E-state index contributed by atoms with van der Waals surface area (Å²) in [5, 5.41) is 8.36. The Morgan fingerprint density at radius 3 is 2.71 bits per heavy atom. The van der Waals surface area contributed by atoms with Crippen molar-refractivity contribution < 1.29 is 8.42 Å². The second-order valence-corrected chi connectivity index (χ2v) is 8.54. The van der Waals surface area contributed by atoms with Crippen molar-refractivity contribution in [2.75, 3.05) is 11.5 Å². The zero-order valence-corrected chi connectivity index (χ0v) is 13.5. The van der Waals surface area contributed by atoms with Gasteiger partial charge in [-0.05, 0) is 19.1 Å². The van der Waals surface area contributed by atoms with E-state index in [2.05, 4.69) is 41.4 Å². The van der Waals surface area contributed by atoms with Crippen LogP contribution in [0.5, 0.6) is 0 Å². The Labute approximate surface area is 128 Å². The fourth-order valence-corrected chi connectivity index (χ4v) is 4.28. The predicted molar refractivity (Wildman–Crippen MR) is 83.1 cm³/mol. The Balaban J connectivity index is 1.73. The third kappa shape index (κ3) is 3.47. The fraction of sp³-hybridized carbons (Fsp3) is 0.429. The highest BCUT2D eigenvalue weighted by Gasteiger charge is 2.22. The first kappa shape index (κ1) is 14.6. The van der Waals surface area contributed by atoms with Crippen LogP contribution in [0.25, 0.3) is 0 Å². The van der Waals surface area contributed by atoms with Gasteiger partial charge >= 0.3 is 0 Å². The minimum Gasteiger partial charge on any atom is -0.313 e. The van der Waals surface area contributed by atoms with Crippen LogP contribution in [0, 0.1) is 6.92 Å². The second kappa shape index (κ2) is 5.81.